The van der Waals surface area contributed by atoms with E-state index in [0.717, 1.165) is 56.4 Å². The van der Waals surface area contributed by atoms with Crippen molar-refractivity contribution in [3.8, 4) is 17.3 Å². The number of rotatable bonds is 8. The van der Waals surface area contributed by atoms with E-state index in [9.17, 15) is 10.1 Å². The summed E-state index contributed by atoms with van der Waals surface area (Å²) in [6.07, 6.45) is 3.39. The Morgan fingerprint density at radius 2 is 1.94 bits per heavy atom. The largest absolute Gasteiger partial charge is 0.379 e. The number of aromatic nitrogens is 2. The molecule has 180 valence electrons. The Bertz CT molecular complexity index is 1210. The zero-order valence-electron chi connectivity index (χ0n) is 20.3. The molecule has 7 heteroatoms. The second-order valence-electron chi connectivity index (χ2n) is 9.07. The maximum Gasteiger partial charge on any atom is 0.226 e. The van der Waals surface area contributed by atoms with Crippen LogP contribution in [0.5, 0.6) is 0 Å². The highest BCUT2D eigenvalue weighted by molar-refractivity contribution is 5.93. The third-order valence-electron chi connectivity index (χ3n) is 6.10. The molecule has 0 radical (unpaired) electrons. The van der Waals surface area contributed by atoms with Crippen LogP contribution in [0.25, 0.3) is 11.3 Å². The van der Waals surface area contributed by atoms with E-state index in [1.807, 2.05) is 26.0 Å². The maximum absolute atomic E-state index is 12.1. The lowest BCUT2D eigenvalue weighted by atomic mass is 10.0. The maximum atomic E-state index is 12.1. The smallest absolute Gasteiger partial charge is 0.226 e. The molecular formula is C28H31N5O2. The van der Waals surface area contributed by atoms with Crippen molar-refractivity contribution in [3.05, 3.63) is 77.2 Å². The quantitative estimate of drug-likeness (QED) is 0.535. The number of anilines is 1. The monoisotopic (exact) mass is 469 g/mol. The summed E-state index contributed by atoms with van der Waals surface area (Å²) in [5.41, 5.74) is 4.96. The fraction of sp³-hybridized carbons (Fsp3) is 0.357. The number of carbonyl (C=O) groups excluding carboxylic acids is 1. The van der Waals surface area contributed by atoms with Gasteiger partial charge in [0.2, 0.25) is 5.91 Å². The molecule has 0 bridgehead atoms. The molecule has 1 N–H and O–H groups in total. The first kappa shape index (κ1) is 24.5. The van der Waals surface area contributed by atoms with Crippen molar-refractivity contribution in [3.63, 3.8) is 0 Å². The molecule has 1 amide bonds. The number of benzene rings is 2. The molecule has 4 rings (SSSR count). The summed E-state index contributed by atoms with van der Waals surface area (Å²) in [6, 6.07) is 18.0. The third-order valence-corrected chi connectivity index (χ3v) is 6.10. The van der Waals surface area contributed by atoms with E-state index in [-0.39, 0.29) is 11.8 Å². The Kier molecular flexibility index (Phi) is 8.19. The van der Waals surface area contributed by atoms with E-state index in [2.05, 4.69) is 45.5 Å². The van der Waals surface area contributed by atoms with Gasteiger partial charge in [0.15, 0.2) is 0 Å². The van der Waals surface area contributed by atoms with Gasteiger partial charge in [-0.1, -0.05) is 44.2 Å². The highest BCUT2D eigenvalue weighted by Gasteiger charge is 2.13. The molecule has 35 heavy (non-hydrogen) atoms. The van der Waals surface area contributed by atoms with Crippen LogP contribution < -0.4 is 5.32 Å². The first-order chi connectivity index (χ1) is 17.0. The van der Waals surface area contributed by atoms with Crippen LogP contribution in [-0.2, 0) is 22.4 Å². The van der Waals surface area contributed by atoms with Crippen LogP contribution in [0, 0.1) is 17.2 Å². The van der Waals surface area contributed by atoms with Crippen molar-refractivity contribution in [1.82, 2.24) is 14.9 Å². The number of nitrogens with zero attached hydrogens (tertiary/aromatic N) is 4. The van der Waals surface area contributed by atoms with Crippen molar-refractivity contribution in [2.45, 2.75) is 26.7 Å². The minimum atomic E-state index is -0.163. The number of ether oxygens (including phenoxy) is 1. The summed E-state index contributed by atoms with van der Waals surface area (Å²) in [6.45, 7) is 8.30. The lowest BCUT2D eigenvalue weighted by Gasteiger charge is -2.26. The van der Waals surface area contributed by atoms with E-state index < -0.39 is 0 Å². The second kappa shape index (κ2) is 11.7. The van der Waals surface area contributed by atoms with E-state index in [4.69, 9.17) is 9.72 Å². The standard InChI is InChI=1S/C28H31N5O2/c1-20(2)28(34)32-25-7-6-23(18-24(25)19-29)26-8-10-30-27(31-26)17-22-5-3-4-21(16-22)9-11-33-12-14-35-15-13-33/h3-8,10,16,18,20H,9,11-15,17H2,1-2H3,(H,32,34). The number of carbonyl (C=O) groups is 1. The number of hydrogen-bond acceptors (Lipinski definition) is 6. The van der Waals surface area contributed by atoms with Gasteiger partial charge in [-0.2, -0.15) is 5.26 Å². The van der Waals surface area contributed by atoms with Crippen molar-refractivity contribution in [2.24, 2.45) is 5.92 Å². The average molecular weight is 470 g/mol. The lowest BCUT2D eigenvalue weighted by Crippen LogP contribution is -2.37. The SMILES string of the molecule is CC(C)C(=O)Nc1ccc(-c2ccnc(Cc3cccc(CCN4CCOCC4)c3)n2)cc1C#N. The molecule has 2 heterocycles. The van der Waals surface area contributed by atoms with Gasteiger partial charge >= 0.3 is 0 Å². The van der Waals surface area contributed by atoms with E-state index in [0.29, 0.717) is 17.7 Å². The highest BCUT2D eigenvalue weighted by Crippen LogP contribution is 2.24. The fourth-order valence-electron chi connectivity index (χ4n) is 4.02. The van der Waals surface area contributed by atoms with Crippen LogP contribution in [0.4, 0.5) is 5.69 Å². The summed E-state index contributed by atoms with van der Waals surface area (Å²) in [5, 5.41) is 12.4. The number of nitrogens with one attached hydrogen (secondary N) is 1. The van der Waals surface area contributed by atoms with E-state index in [1.165, 1.54) is 11.1 Å². The zero-order chi connectivity index (χ0) is 24.6. The number of nitriles is 1. The second-order valence-corrected chi connectivity index (χ2v) is 9.07. The zero-order valence-corrected chi connectivity index (χ0v) is 20.3. The van der Waals surface area contributed by atoms with Crippen molar-refractivity contribution in [1.29, 1.82) is 5.26 Å². The predicted octanol–water partition coefficient (Wildman–Crippen LogP) is 4.08. The van der Waals surface area contributed by atoms with Gasteiger partial charge in [-0.15, -0.1) is 0 Å². The van der Waals surface area contributed by atoms with Crippen LogP contribution in [0.15, 0.2) is 54.7 Å². The van der Waals surface area contributed by atoms with Gasteiger partial charge in [-0.3, -0.25) is 9.69 Å². The van der Waals surface area contributed by atoms with Crippen LogP contribution in [0.2, 0.25) is 0 Å². The molecule has 1 aliphatic heterocycles. The predicted molar refractivity (Wildman–Crippen MR) is 136 cm³/mol. The van der Waals surface area contributed by atoms with Crippen molar-refractivity contribution in [2.75, 3.05) is 38.2 Å². The topological polar surface area (TPSA) is 91.1 Å². The number of amides is 1. The average Bonchev–Trinajstić information content (AvgIpc) is 2.88. The van der Waals surface area contributed by atoms with Crippen LogP contribution >= 0.6 is 0 Å². The molecule has 0 aliphatic carbocycles. The molecule has 1 saturated heterocycles. The molecular weight excluding hydrogens is 438 g/mol. The number of morpholine rings is 1. The minimum absolute atomic E-state index is 0.120. The van der Waals surface area contributed by atoms with Crippen molar-refractivity contribution < 1.29 is 9.53 Å². The lowest BCUT2D eigenvalue weighted by molar-refractivity contribution is -0.118. The Hall–Kier alpha value is -3.60. The Labute approximate surface area is 206 Å². The van der Waals surface area contributed by atoms with Gasteiger partial charge in [0.05, 0.1) is 30.2 Å². The summed E-state index contributed by atoms with van der Waals surface area (Å²) < 4.78 is 5.43. The summed E-state index contributed by atoms with van der Waals surface area (Å²) in [5.74, 6) is 0.442. The van der Waals surface area contributed by atoms with Crippen LogP contribution in [-0.4, -0.2) is 53.6 Å². The molecule has 1 aliphatic rings. The molecule has 1 fully saturated rings. The van der Waals surface area contributed by atoms with E-state index >= 15 is 0 Å². The summed E-state index contributed by atoms with van der Waals surface area (Å²) in [7, 11) is 0. The Morgan fingerprint density at radius 1 is 1.14 bits per heavy atom. The summed E-state index contributed by atoms with van der Waals surface area (Å²) in [4.78, 5) is 23.7. The first-order valence-corrected chi connectivity index (χ1v) is 12.1. The first-order valence-electron chi connectivity index (χ1n) is 12.1. The van der Waals surface area contributed by atoms with Gasteiger partial charge in [0.1, 0.15) is 11.9 Å². The molecule has 0 unspecified atom stereocenters. The van der Waals surface area contributed by atoms with E-state index in [1.54, 1.807) is 18.3 Å². The Morgan fingerprint density at radius 3 is 2.71 bits per heavy atom. The molecule has 2 aromatic carbocycles. The van der Waals surface area contributed by atoms with Crippen LogP contribution in [0.1, 0.15) is 36.4 Å². The molecule has 7 nitrogen and oxygen atoms in total. The highest BCUT2D eigenvalue weighted by atomic mass is 16.5. The number of hydrogen-bond donors (Lipinski definition) is 1. The van der Waals surface area contributed by atoms with Crippen molar-refractivity contribution >= 4 is 11.6 Å². The molecule has 0 atom stereocenters. The molecule has 0 saturated carbocycles. The van der Waals surface area contributed by atoms with Gasteiger partial charge in [0, 0.05) is 43.7 Å². The molecule has 3 aromatic rings. The van der Waals surface area contributed by atoms with Gasteiger partial charge < -0.3 is 10.1 Å². The fourth-order valence-corrected chi connectivity index (χ4v) is 4.02. The third kappa shape index (κ3) is 6.72. The van der Waals surface area contributed by atoms with Gasteiger partial charge in [0.25, 0.3) is 0 Å². The van der Waals surface area contributed by atoms with Gasteiger partial charge in [-0.05, 0) is 35.7 Å². The minimum Gasteiger partial charge on any atom is -0.379 e. The molecule has 1 aromatic heterocycles. The summed E-state index contributed by atoms with van der Waals surface area (Å²) >= 11 is 0. The van der Waals surface area contributed by atoms with Gasteiger partial charge in [-0.25, -0.2) is 9.97 Å². The Balaban J connectivity index is 1.46. The van der Waals surface area contributed by atoms with Crippen LogP contribution in [0.3, 0.4) is 0 Å². The molecule has 0 spiro atoms. The normalized spacial score (nSPS) is 14.0.